The van der Waals surface area contributed by atoms with Crippen LogP contribution in [0.15, 0.2) is 36.4 Å². The third-order valence-electron chi connectivity index (χ3n) is 7.21. The van der Waals surface area contributed by atoms with Gasteiger partial charge in [0.2, 0.25) is 0 Å². The summed E-state index contributed by atoms with van der Waals surface area (Å²) in [4.78, 5) is 4.59. The van der Waals surface area contributed by atoms with Gasteiger partial charge in [-0.3, -0.25) is 0 Å². The first-order chi connectivity index (χ1) is 16.2. The molecule has 3 rings (SSSR count). The molecule has 1 fully saturated rings. The van der Waals surface area contributed by atoms with Gasteiger partial charge < -0.3 is 4.74 Å². The zero-order valence-electron chi connectivity index (χ0n) is 20.8. The van der Waals surface area contributed by atoms with Gasteiger partial charge in [0.05, 0.1) is 12.3 Å². The molecule has 0 radical (unpaired) electrons. The summed E-state index contributed by atoms with van der Waals surface area (Å²) in [6.45, 7) is 5.15. The Bertz CT molecular complexity index is 860. The van der Waals surface area contributed by atoms with Gasteiger partial charge in [-0.15, -0.1) is 0 Å². The molecule has 3 nitrogen and oxygen atoms in total. The van der Waals surface area contributed by atoms with Crippen LogP contribution in [0.2, 0.25) is 0 Å². The first kappa shape index (κ1) is 25.3. The third-order valence-corrected chi connectivity index (χ3v) is 7.21. The van der Waals surface area contributed by atoms with E-state index in [0.717, 1.165) is 23.6 Å². The van der Waals surface area contributed by atoms with Gasteiger partial charge in [-0.2, -0.15) is 5.26 Å². The topological polar surface area (TPSA) is 45.9 Å². The lowest BCUT2D eigenvalue weighted by atomic mass is 9.77. The van der Waals surface area contributed by atoms with Crippen molar-refractivity contribution in [1.29, 1.82) is 5.26 Å². The highest BCUT2D eigenvalue weighted by Gasteiger charge is 2.22. The van der Waals surface area contributed by atoms with Crippen LogP contribution in [0.25, 0.3) is 11.3 Å². The number of unbranched alkanes of at least 4 members (excludes halogenated alkanes) is 6. The molecule has 0 aliphatic heterocycles. The molecule has 1 aliphatic carbocycles. The summed E-state index contributed by atoms with van der Waals surface area (Å²) < 4.78 is 5.85. The predicted molar refractivity (Wildman–Crippen MR) is 137 cm³/mol. The zero-order valence-corrected chi connectivity index (χ0v) is 20.8. The fraction of sp³-hybridized carbons (Fsp3) is 0.600. The van der Waals surface area contributed by atoms with Crippen LogP contribution >= 0.6 is 0 Å². The summed E-state index contributed by atoms with van der Waals surface area (Å²) >= 11 is 0. The van der Waals surface area contributed by atoms with Gasteiger partial charge in [0.15, 0.2) is 11.4 Å². The third kappa shape index (κ3) is 7.88. The zero-order chi connectivity index (χ0) is 23.3. The minimum absolute atomic E-state index is 0.381. The van der Waals surface area contributed by atoms with Crippen molar-refractivity contribution < 1.29 is 4.74 Å². The van der Waals surface area contributed by atoms with Gasteiger partial charge in [-0.1, -0.05) is 89.5 Å². The van der Waals surface area contributed by atoms with Crippen molar-refractivity contribution in [3.63, 3.8) is 0 Å². The number of benzene rings is 1. The van der Waals surface area contributed by atoms with E-state index in [1.807, 2.05) is 12.1 Å². The fourth-order valence-corrected chi connectivity index (χ4v) is 5.08. The summed E-state index contributed by atoms with van der Waals surface area (Å²) in [5.74, 6) is 2.24. The minimum Gasteiger partial charge on any atom is -0.491 e. The predicted octanol–water partition coefficient (Wildman–Crippen LogP) is 8.82. The molecule has 0 atom stereocenters. The van der Waals surface area contributed by atoms with Crippen LogP contribution in [-0.2, 0) is 0 Å². The summed E-state index contributed by atoms with van der Waals surface area (Å²) in [5, 5.41) is 9.57. The largest absolute Gasteiger partial charge is 0.491 e. The summed E-state index contributed by atoms with van der Waals surface area (Å²) in [6, 6.07) is 15.0. The van der Waals surface area contributed by atoms with E-state index in [4.69, 9.17) is 4.74 Å². The maximum atomic E-state index is 9.57. The van der Waals surface area contributed by atoms with Crippen molar-refractivity contribution >= 4 is 0 Å². The van der Waals surface area contributed by atoms with Gasteiger partial charge in [0.25, 0.3) is 0 Å². The molecule has 1 aromatic carbocycles. The standard InChI is InChI=1S/C30H42N2O/c1-3-5-7-8-10-22-33-30-21-20-28(32-29(30)23-31)27-18-16-26(17-19-27)25-14-12-24(13-15-25)11-9-6-4-2/h16-21,24-25H,3-15,22H2,1-2H3. The number of pyridine rings is 1. The lowest BCUT2D eigenvalue weighted by molar-refractivity contribution is 0.302. The SMILES string of the molecule is CCCCCCCOc1ccc(-c2ccc(C3CCC(CCCCC)CC3)cc2)nc1C#N. The van der Waals surface area contributed by atoms with Crippen molar-refractivity contribution in [3.05, 3.63) is 47.7 Å². The minimum atomic E-state index is 0.381. The maximum Gasteiger partial charge on any atom is 0.183 e. The van der Waals surface area contributed by atoms with Gasteiger partial charge >= 0.3 is 0 Å². The Hall–Kier alpha value is -2.34. The molecular weight excluding hydrogens is 404 g/mol. The quantitative estimate of drug-likeness (QED) is 0.289. The molecule has 0 N–H and O–H groups in total. The fourth-order valence-electron chi connectivity index (χ4n) is 5.08. The van der Waals surface area contributed by atoms with Crippen LogP contribution in [0, 0.1) is 17.2 Å². The molecule has 0 unspecified atom stereocenters. The molecule has 178 valence electrons. The Morgan fingerprint density at radius 3 is 2.24 bits per heavy atom. The molecule has 2 aromatic rings. The molecule has 3 heteroatoms. The summed E-state index contributed by atoms with van der Waals surface area (Å²) in [5.41, 5.74) is 3.74. The maximum absolute atomic E-state index is 9.57. The van der Waals surface area contributed by atoms with Crippen molar-refractivity contribution in [2.24, 2.45) is 5.92 Å². The normalized spacial score (nSPS) is 18.1. The Morgan fingerprint density at radius 2 is 1.55 bits per heavy atom. The highest BCUT2D eigenvalue weighted by Crippen LogP contribution is 2.38. The number of aromatic nitrogens is 1. The summed E-state index contributed by atoms with van der Waals surface area (Å²) in [7, 11) is 0. The van der Waals surface area contributed by atoms with Crippen LogP contribution in [0.1, 0.15) is 114 Å². The number of rotatable bonds is 13. The Labute approximate surface area is 201 Å². The van der Waals surface area contributed by atoms with E-state index in [1.54, 1.807) is 0 Å². The second-order valence-electron chi connectivity index (χ2n) is 9.75. The van der Waals surface area contributed by atoms with Crippen LogP contribution in [-0.4, -0.2) is 11.6 Å². The highest BCUT2D eigenvalue weighted by atomic mass is 16.5. The van der Waals surface area contributed by atoms with Crippen molar-refractivity contribution in [2.45, 2.75) is 103 Å². The van der Waals surface area contributed by atoms with E-state index < -0.39 is 0 Å². The monoisotopic (exact) mass is 446 g/mol. The average molecular weight is 447 g/mol. The second-order valence-corrected chi connectivity index (χ2v) is 9.75. The molecule has 1 aliphatic rings. The van der Waals surface area contributed by atoms with Crippen molar-refractivity contribution in [2.75, 3.05) is 6.61 Å². The van der Waals surface area contributed by atoms with Crippen molar-refractivity contribution in [3.8, 4) is 23.1 Å². The van der Waals surface area contributed by atoms with Gasteiger partial charge in [-0.05, 0) is 61.6 Å². The van der Waals surface area contributed by atoms with Crippen LogP contribution in [0.5, 0.6) is 5.75 Å². The van der Waals surface area contributed by atoms with Gasteiger partial charge in [0, 0.05) is 5.56 Å². The van der Waals surface area contributed by atoms with Crippen molar-refractivity contribution in [1.82, 2.24) is 4.98 Å². The van der Waals surface area contributed by atoms with E-state index in [9.17, 15) is 5.26 Å². The van der Waals surface area contributed by atoms with Gasteiger partial charge in [-0.25, -0.2) is 4.98 Å². The van der Waals surface area contributed by atoms with Crippen LogP contribution in [0.4, 0.5) is 0 Å². The smallest absolute Gasteiger partial charge is 0.183 e. The average Bonchev–Trinajstić information content (AvgIpc) is 2.87. The second kappa shape index (κ2) is 14.0. The van der Waals surface area contributed by atoms with E-state index in [2.05, 4.69) is 49.2 Å². The van der Waals surface area contributed by atoms with E-state index in [1.165, 1.54) is 82.6 Å². The molecule has 0 saturated heterocycles. The number of hydrogen-bond acceptors (Lipinski definition) is 3. The first-order valence-corrected chi connectivity index (χ1v) is 13.4. The highest BCUT2D eigenvalue weighted by molar-refractivity contribution is 5.61. The number of nitriles is 1. The molecule has 1 heterocycles. The van der Waals surface area contributed by atoms with E-state index >= 15 is 0 Å². The molecule has 33 heavy (non-hydrogen) atoms. The van der Waals surface area contributed by atoms with E-state index in [0.29, 0.717) is 24.0 Å². The van der Waals surface area contributed by atoms with Crippen LogP contribution < -0.4 is 4.74 Å². The Kier molecular flexibility index (Phi) is 10.8. The van der Waals surface area contributed by atoms with Gasteiger partial charge in [0.1, 0.15) is 6.07 Å². The lowest BCUT2D eigenvalue weighted by Gasteiger charge is -2.29. The molecule has 0 amide bonds. The number of ether oxygens (including phenoxy) is 1. The number of hydrogen-bond donors (Lipinski definition) is 0. The molecule has 1 saturated carbocycles. The molecule has 0 bridgehead atoms. The molecule has 0 spiro atoms. The lowest BCUT2D eigenvalue weighted by Crippen LogP contribution is -2.13. The Balaban J connectivity index is 1.53. The van der Waals surface area contributed by atoms with Crippen LogP contribution in [0.3, 0.4) is 0 Å². The molecule has 1 aromatic heterocycles. The first-order valence-electron chi connectivity index (χ1n) is 13.4. The number of nitrogens with zero attached hydrogens (tertiary/aromatic N) is 2. The Morgan fingerprint density at radius 1 is 0.848 bits per heavy atom. The summed E-state index contributed by atoms with van der Waals surface area (Å²) in [6.07, 6.45) is 16.9. The molecular formula is C30H42N2O. The van der Waals surface area contributed by atoms with E-state index in [-0.39, 0.29) is 0 Å².